The molecule has 0 saturated carbocycles. The smallest absolute Gasteiger partial charge is 0.229 e. The van der Waals surface area contributed by atoms with Gasteiger partial charge < -0.3 is 14.8 Å². The van der Waals surface area contributed by atoms with Gasteiger partial charge in [-0.1, -0.05) is 6.07 Å². The van der Waals surface area contributed by atoms with E-state index in [1.54, 1.807) is 6.07 Å². The van der Waals surface area contributed by atoms with Crippen molar-refractivity contribution in [2.24, 2.45) is 0 Å². The highest BCUT2D eigenvalue weighted by molar-refractivity contribution is 7.92. The molecule has 3 aromatic heterocycles. The molecular weight excluding hydrogens is 572 g/mol. The number of hydrogen-bond acceptors (Lipinski definition) is 9. The van der Waals surface area contributed by atoms with Crippen LogP contribution in [-0.2, 0) is 28.2 Å². The fraction of sp³-hybridized carbons (Fsp3) is 0.467. The maximum atomic E-state index is 15.2. The molecule has 1 fully saturated rings. The van der Waals surface area contributed by atoms with Gasteiger partial charge in [0.05, 0.1) is 11.7 Å². The summed E-state index contributed by atoms with van der Waals surface area (Å²) >= 11 is 0. The molecule has 0 amide bonds. The molecule has 6 rings (SSSR count). The quantitative estimate of drug-likeness (QED) is 0.324. The third-order valence-corrected chi connectivity index (χ3v) is 9.83. The summed E-state index contributed by atoms with van der Waals surface area (Å²) in [5, 5.41) is 3.10. The van der Waals surface area contributed by atoms with E-state index >= 15 is 8.78 Å². The van der Waals surface area contributed by atoms with Crippen molar-refractivity contribution in [2.45, 2.75) is 46.2 Å². The first-order chi connectivity index (χ1) is 20.4. The lowest BCUT2D eigenvalue weighted by Gasteiger charge is -2.32. The molecule has 228 valence electrons. The molecule has 2 aliphatic rings. The molecule has 1 saturated heterocycles. The van der Waals surface area contributed by atoms with Crippen molar-refractivity contribution in [3.8, 4) is 11.3 Å². The summed E-state index contributed by atoms with van der Waals surface area (Å²) in [4.78, 5) is 22.4. The number of nitrogens with zero attached hydrogens (tertiary/aromatic N) is 7. The normalized spacial score (nSPS) is 17.7. The number of imidazole rings is 1. The van der Waals surface area contributed by atoms with E-state index in [9.17, 15) is 4.21 Å². The minimum absolute atomic E-state index is 0.00927. The van der Waals surface area contributed by atoms with Crippen LogP contribution in [0.3, 0.4) is 0 Å². The van der Waals surface area contributed by atoms with Gasteiger partial charge in [-0.3, -0.25) is 9.68 Å². The number of benzene rings is 1. The maximum absolute atomic E-state index is 15.2. The maximum Gasteiger partial charge on any atom is 0.229 e. The number of aromatic nitrogens is 5. The molecule has 1 aromatic carbocycles. The lowest BCUT2D eigenvalue weighted by molar-refractivity contribution is 0.199. The monoisotopic (exact) mass is 609 g/mol. The van der Waals surface area contributed by atoms with E-state index in [0.717, 1.165) is 63.1 Å². The summed E-state index contributed by atoms with van der Waals surface area (Å²) < 4.78 is 51.8. The van der Waals surface area contributed by atoms with E-state index in [0.29, 0.717) is 34.2 Å². The van der Waals surface area contributed by atoms with E-state index in [1.165, 1.54) is 6.07 Å². The van der Waals surface area contributed by atoms with Gasteiger partial charge in [0.25, 0.3) is 0 Å². The van der Waals surface area contributed by atoms with Gasteiger partial charge in [0.1, 0.15) is 22.9 Å². The minimum Gasteiger partial charge on any atom is -0.323 e. The first-order valence-corrected chi connectivity index (χ1v) is 16.4. The summed E-state index contributed by atoms with van der Waals surface area (Å²) in [6.45, 7) is 12.8. The van der Waals surface area contributed by atoms with Gasteiger partial charge in [-0.05, 0) is 51.5 Å². The van der Waals surface area contributed by atoms with E-state index in [1.807, 2.05) is 44.4 Å². The van der Waals surface area contributed by atoms with Crippen LogP contribution in [0.4, 0.5) is 20.5 Å². The van der Waals surface area contributed by atoms with Crippen molar-refractivity contribution >= 4 is 32.5 Å². The van der Waals surface area contributed by atoms with Gasteiger partial charge in [-0.2, -0.15) is 0 Å². The first kappa shape index (κ1) is 29.5. The zero-order chi connectivity index (χ0) is 30.5. The predicted molar refractivity (Wildman–Crippen MR) is 164 cm³/mol. The molecule has 2 aliphatic heterocycles. The first-order valence-electron chi connectivity index (χ1n) is 14.5. The van der Waals surface area contributed by atoms with Crippen LogP contribution in [0.1, 0.15) is 37.9 Å². The number of rotatable bonds is 6. The Morgan fingerprint density at radius 1 is 1.00 bits per heavy atom. The van der Waals surface area contributed by atoms with Crippen LogP contribution in [0.5, 0.6) is 0 Å². The molecule has 2 N–H and O–H groups in total. The van der Waals surface area contributed by atoms with Crippen molar-refractivity contribution in [2.75, 3.05) is 49.5 Å². The molecule has 0 radical (unpaired) electrons. The van der Waals surface area contributed by atoms with Gasteiger partial charge in [0, 0.05) is 83.7 Å². The number of anilines is 2. The van der Waals surface area contributed by atoms with Crippen LogP contribution in [-0.4, -0.2) is 82.7 Å². The standard InChI is InChI=1S/C30H37F2N9OS/c1-19-35-28-22(31)15-21(16-25(28)41(19)30(2,3)4)27-23(32)17-34-29(38-27)37-26-6-5-20-18-40(8-7-24(20)36-26)10-9-39-11-13-43(33,42)14-12-39/h5-6,15-17,33H,7-14,18H2,1-4H3,(H,34,36,37,38). The Labute approximate surface area is 250 Å². The number of aryl methyl sites for hydroxylation is 1. The Morgan fingerprint density at radius 2 is 1.74 bits per heavy atom. The third-order valence-electron chi connectivity index (χ3n) is 8.14. The molecule has 4 aromatic rings. The van der Waals surface area contributed by atoms with Crippen molar-refractivity contribution in [1.82, 2.24) is 34.3 Å². The lowest BCUT2D eigenvalue weighted by atomic mass is 10.1. The molecule has 0 aliphatic carbocycles. The molecule has 5 heterocycles. The second-order valence-corrected chi connectivity index (χ2v) is 14.8. The summed E-state index contributed by atoms with van der Waals surface area (Å²) in [6.07, 6.45) is 1.88. The van der Waals surface area contributed by atoms with E-state index in [2.05, 4.69) is 30.1 Å². The Morgan fingerprint density at radius 3 is 2.49 bits per heavy atom. The summed E-state index contributed by atoms with van der Waals surface area (Å²) in [6, 6.07) is 6.89. The second-order valence-electron chi connectivity index (χ2n) is 12.4. The number of halogens is 2. The average Bonchev–Trinajstić information content (AvgIpc) is 3.30. The Balaban J connectivity index is 1.17. The Hall–Kier alpha value is -3.55. The topological polar surface area (TPSA) is 116 Å². The molecular formula is C30H37F2N9OS. The SMILES string of the molecule is Cc1nc2c(F)cc(-c3nc(Nc4ccc5c(n4)CCN(CCN4CCS(=N)(=O)CC4)C5)ncc3F)cc2n1C(C)(C)C. The molecule has 0 unspecified atom stereocenters. The second kappa shape index (κ2) is 11.2. The lowest BCUT2D eigenvalue weighted by Crippen LogP contribution is -2.44. The molecule has 43 heavy (non-hydrogen) atoms. The highest BCUT2D eigenvalue weighted by atomic mass is 32.2. The predicted octanol–water partition coefficient (Wildman–Crippen LogP) is 4.69. The molecule has 10 nitrogen and oxygen atoms in total. The van der Waals surface area contributed by atoms with Gasteiger partial charge in [0.15, 0.2) is 11.6 Å². The zero-order valence-corrected chi connectivity index (χ0v) is 25.8. The van der Waals surface area contributed by atoms with Crippen molar-refractivity contribution in [1.29, 1.82) is 4.78 Å². The molecule has 0 atom stereocenters. The largest absolute Gasteiger partial charge is 0.323 e. The van der Waals surface area contributed by atoms with Crippen molar-refractivity contribution in [3.05, 3.63) is 59.2 Å². The van der Waals surface area contributed by atoms with Crippen LogP contribution >= 0.6 is 0 Å². The van der Waals surface area contributed by atoms with E-state index in [-0.39, 0.29) is 22.7 Å². The van der Waals surface area contributed by atoms with Crippen molar-refractivity contribution < 1.29 is 13.0 Å². The fourth-order valence-corrected chi connectivity index (χ4v) is 7.30. The summed E-state index contributed by atoms with van der Waals surface area (Å²) in [5.74, 6) is 1.13. The fourth-order valence-electron chi connectivity index (χ4n) is 5.99. The summed E-state index contributed by atoms with van der Waals surface area (Å²) in [5.41, 5.74) is 2.91. The Bertz CT molecular complexity index is 1790. The van der Waals surface area contributed by atoms with E-state index < -0.39 is 21.4 Å². The van der Waals surface area contributed by atoms with Gasteiger partial charge in [-0.25, -0.2) is 32.9 Å². The molecule has 13 heteroatoms. The van der Waals surface area contributed by atoms with Gasteiger partial charge in [-0.15, -0.1) is 0 Å². The van der Waals surface area contributed by atoms with Crippen LogP contribution in [0.15, 0.2) is 30.5 Å². The highest BCUT2D eigenvalue weighted by Crippen LogP contribution is 2.32. The minimum atomic E-state index is -2.38. The Kier molecular flexibility index (Phi) is 7.68. The number of hydrogen-bond donors (Lipinski definition) is 2. The third kappa shape index (κ3) is 6.24. The zero-order valence-electron chi connectivity index (χ0n) is 25.0. The number of fused-ring (bicyclic) bond motifs is 2. The molecule has 0 spiro atoms. The van der Waals surface area contributed by atoms with Crippen molar-refractivity contribution in [3.63, 3.8) is 0 Å². The number of pyridine rings is 1. The number of nitrogens with one attached hydrogen (secondary N) is 2. The van der Waals surface area contributed by atoms with Crippen LogP contribution in [0.25, 0.3) is 22.3 Å². The van der Waals surface area contributed by atoms with Crippen LogP contribution < -0.4 is 5.32 Å². The highest BCUT2D eigenvalue weighted by Gasteiger charge is 2.24. The van der Waals surface area contributed by atoms with Gasteiger partial charge >= 0.3 is 0 Å². The van der Waals surface area contributed by atoms with E-state index in [4.69, 9.17) is 9.76 Å². The van der Waals surface area contributed by atoms with Gasteiger partial charge in [0.2, 0.25) is 5.95 Å². The molecule has 0 bridgehead atoms. The van der Waals surface area contributed by atoms with Crippen LogP contribution in [0, 0.1) is 23.3 Å². The average molecular weight is 610 g/mol. The van der Waals surface area contributed by atoms with Crippen LogP contribution in [0.2, 0.25) is 0 Å². The summed E-state index contributed by atoms with van der Waals surface area (Å²) in [7, 11) is -2.38.